The Labute approximate surface area is 160 Å². The zero-order valence-electron chi connectivity index (χ0n) is 15.7. The molecule has 0 unspecified atom stereocenters. The lowest BCUT2D eigenvalue weighted by Crippen LogP contribution is -2.56. The summed E-state index contributed by atoms with van der Waals surface area (Å²) >= 11 is 0. The van der Waals surface area contributed by atoms with Gasteiger partial charge in [0.1, 0.15) is 10.7 Å². The second kappa shape index (κ2) is 8.67. The number of halogens is 1. The third-order valence-corrected chi connectivity index (χ3v) is 7.54. The molecule has 0 bridgehead atoms. The molecule has 1 heterocycles. The summed E-state index contributed by atoms with van der Waals surface area (Å²) in [6.45, 7) is 3.26. The third-order valence-electron chi connectivity index (χ3n) is 5.61. The first-order chi connectivity index (χ1) is 12.9. The number of nitrogens with zero attached hydrogens (tertiary/aromatic N) is 2. The lowest BCUT2D eigenvalue weighted by atomic mass is 9.95. The maximum Gasteiger partial charge on any atom is 0.246 e. The van der Waals surface area contributed by atoms with Crippen LogP contribution in [0.3, 0.4) is 0 Å². The monoisotopic (exact) mass is 397 g/mol. The minimum absolute atomic E-state index is 0.00677. The molecule has 0 spiro atoms. The van der Waals surface area contributed by atoms with Crippen molar-refractivity contribution in [2.45, 2.75) is 56.0 Å². The first kappa shape index (κ1) is 20.2. The smallest absolute Gasteiger partial charge is 0.246 e. The van der Waals surface area contributed by atoms with Gasteiger partial charge in [0, 0.05) is 32.2 Å². The van der Waals surface area contributed by atoms with Crippen molar-refractivity contribution in [3.8, 4) is 0 Å². The van der Waals surface area contributed by atoms with E-state index in [-0.39, 0.29) is 36.0 Å². The number of hydrogen-bond acceptors (Lipinski definition) is 4. The largest absolute Gasteiger partial charge is 0.352 e. The molecule has 2 fully saturated rings. The summed E-state index contributed by atoms with van der Waals surface area (Å²) in [5, 5.41) is 3.13. The molecule has 1 aromatic rings. The van der Waals surface area contributed by atoms with Gasteiger partial charge in [0.2, 0.25) is 15.9 Å². The predicted molar refractivity (Wildman–Crippen MR) is 101 cm³/mol. The Morgan fingerprint density at radius 1 is 1.11 bits per heavy atom. The molecule has 1 aliphatic heterocycles. The Balaban J connectivity index is 1.56. The highest BCUT2D eigenvalue weighted by molar-refractivity contribution is 7.89. The van der Waals surface area contributed by atoms with Crippen molar-refractivity contribution in [1.29, 1.82) is 0 Å². The highest BCUT2D eigenvalue weighted by Crippen LogP contribution is 2.21. The molecule has 0 radical (unpaired) electrons. The lowest BCUT2D eigenvalue weighted by Gasteiger charge is -2.37. The van der Waals surface area contributed by atoms with Crippen LogP contribution in [-0.4, -0.2) is 61.8 Å². The van der Waals surface area contributed by atoms with Gasteiger partial charge >= 0.3 is 0 Å². The highest BCUT2D eigenvalue weighted by Gasteiger charge is 2.33. The van der Waals surface area contributed by atoms with Gasteiger partial charge in [-0.2, -0.15) is 4.31 Å². The van der Waals surface area contributed by atoms with Crippen LogP contribution >= 0.6 is 0 Å². The van der Waals surface area contributed by atoms with Crippen molar-refractivity contribution >= 4 is 15.9 Å². The van der Waals surface area contributed by atoms with E-state index in [2.05, 4.69) is 5.32 Å². The van der Waals surface area contributed by atoms with Gasteiger partial charge in [0.15, 0.2) is 0 Å². The molecule has 1 amide bonds. The summed E-state index contributed by atoms with van der Waals surface area (Å²) in [5.41, 5.74) is 0. The Morgan fingerprint density at radius 2 is 1.74 bits per heavy atom. The Kier molecular flexibility index (Phi) is 6.49. The number of rotatable bonds is 5. The van der Waals surface area contributed by atoms with Crippen LogP contribution < -0.4 is 5.32 Å². The SMILES string of the molecule is C[C@@H](C(=O)NC1CCCCC1)N1CCN(S(=O)(=O)c2ccccc2F)CC1. The highest BCUT2D eigenvalue weighted by atomic mass is 32.2. The first-order valence-corrected chi connectivity index (χ1v) is 11.1. The van der Waals surface area contributed by atoms with Crippen LogP contribution in [0.15, 0.2) is 29.2 Å². The van der Waals surface area contributed by atoms with E-state index in [1.165, 1.54) is 28.9 Å². The summed E-state index contributed by atoms with van der Waals surface area (Å²) in [7, 11) is -3.85. The van der Waals surface area contributed by atoms with E-state index in [0.717, 1.165) is 31.7 Å². The van der Waals surface area contributed by atoms with Gasteiger partial charge in [-0.25, -0.2) is 12.8 Å². The van der Waals surface area contributed by atoms with E-state index in [0.29, 0.717) is 13.1 Å². The van der Waals surface area contributed by atoms with E-state index in [9.17, 15) is 17.6 Å². The van der Waals surface area contributed by atoms with Gasteiger partial charge in [-0.15, -0.1) is 0 Å². The van der Waals surface area contributed by atoms with Gasteiger partial charge in [-0.1, -0.05) is 31.4 Å². The van der Waals surface area contributed by atoms with Crippen LogP contribution in [0.1, 0.15) is 39.0 Å². The van der Waals surface area contributed by atoms with Crippen molar-refractivity contribution in [2.24, 2.45) is 0 Å². The number of amides is 1. The molecule has 27 heavy (non-hydrogen) atoms. The summed E-state index contributed by atoms with van der Waals surface area (Å²) in [6, 6.07) is 5.39. The topological polar surface area (TPSA) is 69.7 Å². The summed E-state index contributed by atoms with van der Waals surface area (Å²) in [6.07, 6.45) is 5.62. The van der Waals surface area contributed by atoms with E-state index in [1.54, 1.807) is 0 Å². The third kappa shape index (κ3) is 4.67. The molecule has 1 saturated heterocycles. The van der Waals surface area contributed by atoms with Crippen LogP contribution in [0.25, 0.3) is 0 Å². The van der Waals surface area contributed by atoms with Crippen molar-refractivity contribution < 1.29 is 17.6 Å². The molecule has 150 valence electrons. The maximum atomic E-state index is 13.9. The molecule has 1 atom stereocenters. The number of nitrogens with one attached hydrogen (secondary N) is 1. The number of hydrogen-bond donors (Lipinski definition) is 1. The van der Waals surface area contributed by atoms with Gasteiger partial charge in [0.05, 0.1) is 6.04 Å². The fourth-order valence-electron chi connectivity index (χ4n) is 3.86. The molecule has 2 aliphatic rings. The number of sulfonamides is 1. The van der Waals surface area contributed by atoms with Crippen LogP contribution in [-0.2, 0) is 14.8 Å². The lowest BCUT2D eigenvalue weighted by molar-refractivity contribution is -0.127. The Bertz CT molecular complexity index is 757. The maximum absolute atomic E-state index is 13.9. The molecule has 1 aliphatic carbocycles. The fourth-order valence-corrected chi connectivity index (χ4v) is 5.35. The molecule has 6 nitrogen and oxygen atoms in total. The summed E-state index contributed by atoms with van der Waals surface area (Å²) in [4.78, 5) is 14.2. The second-order valence-corrected chi connectivity index (χ2v) is 9.30. The van der Waals surface area contributed by atoms with Gasteiger partial charge < -0.3 is 5.32 Å². The molecule has 0 aromatic heterocycles. The summed E-state index contributed by atoms with van der Waals surface area (Å²) in [5.74, 6) is -0.729. The van der Waals surface area contributed by atoms with Crippen LogP contribution in [0.5, 0.6) is 0 Å². The van der Waals surface area contributed by atoms with Crippen LogP contribution in [0.2, 0.25) is 0 Å². The molecule has 1 aromatic carbocycles. The van der Waals surface area contributed by atoms with Crippen molar-refractivity contribution in [2.75, 3.05) is 26.2 Å². The molecule has 1 N–H and O–H groups in total. The normalized spacial score (nSPS) is 21.7. The van der Waals surface area contributed by atoms with E-state index in [1.807, 2.05) is 11.8 Å². The van der Waals surface area contributed by atoms with E-state index in [4.69, 9.17) is 0 Å². The van der Waals surface area contributed by atoms with E-state index < -0.39 is 15.8 Å². The molecule has 1 saturated carbocycles. The van der Waals surface area contributed by atoms with E-state index >= 15 is 0 Å². The molecule has 8 heteroatoms. The van der Waals surface area contributed by atoms with Crippen molar-refractivity contribution in [1.82, 2.24) is 14.5 Å². The van der Waals surface area contributed by atoms with Crippen molar-refractivity contribution in [3.05, 3.63) is 30.1 Å². The number of piperazine rings is 1. The molecular formula is C19H28FN3O3S. The summed E-state index contributed by atoms with van der Waals surface area (Å²) < 4.78 is 40.5. The molecular weight excluding hydrogens is 369 g/mol. The number of carbonyl (C=O) groups is 1. The second-order valence-electron chi connectivity index (χ2n) is 7.39. The zero-order chi connectivity index (χ0) is 19.4. The van der Waals surface area contributed by atoms with Gasteiger partial charge in [0.25, 0.3) is 0 Å². The average molecular weight is 398 g/mol. The first-order valence-electron chi connectivity index (χ1n) is 9.68. The fraction of sp³-hybridized carbons (Fsp3) is 0.632. The standard InChI is InChI=1S/C19H28FN3O3S/c1-15(19(24)21-16-7-3-2-4-8-16)22-11-13-23(14-12-22)27(25,26)18-10-6-5-9-17(18)20/h5-6,9-10,15-16H,2-4,7-8,11-14H2,1H3,(H,21,24)/t15-/m0/s1. The van der Waals surface area contributed by atoms with Crippen molar-refractivity contribution in [3.63, 3.8) is 0 Å². The molecule has 3 rings (SSSR count). The minimum Gasteiger partial charge on any atom is -0.352 e. The zero-order valence-corrected chi connectivity index (χ0v) is 16.5. The minimum atomic E-state index is -3.85. The number of carbonyl (C=O) groups excluding carboxylic acids is 1. The van der Waals surface area contributed by atoms with Crippen LogP contribution in [0.4, 0.5) is 4.39 Å². The Morgan fingerprint density at radius 3 is 2.37 bits per heavy atom. The quantitative estimate of drug-likeness (QED) is 0.825. The van der Waals surface area contributed by atoms with Crippen LogP contribution in [0, 0.1) is 5.82 Å². The van der Waals surface area contributed by atoms with Gasteiger partial charge in [-0.3, -0.25) is 9.69 Å². The predicted octanol–water partition coefficient (Wildman–Crippen LogP) is 1.97. The average Bonchev–Trinajstić information content (AvgIpc) is 2.68. The Hall–Kier alpha value is -1.51. The number of benzene rings is 1. The van der Waals surface area contributed by atoms with Gasteiger partial charge in [-0.05, 0) is 31.9 Å².